The molecule has 26 heavy (non-hydrogen) atoms. The molecule has 3 heterocycles. The van der Waals surface area contributed by atoms with Crippen LogP contribution in [-0.2, 0) is 11.8 Å². The Bertz CT molecular complexity index is 678. The number of amides is 1. The van der Waals surface area contributed by atoms with E-state index in [2.05, 4.69) is 46.0 Å². The highest BCUT2D eigenvalue weighted by Crippen LogP contribution is 2.50. The zero-order valence-corrected chi connectivity index (χ0v) is 16.3. The van der Waals surface area contributed by atoms with Gasteiger partial charge in [-0.15, -0.1) is 10.2 Å². The van der Waals surface area contributed by atoms with Crippen molar-refractivity contribution in [2.75, 3.05) is 26.2 Å². The number of carbonyl (C=O) groups excluding carboxylic acids is 1. The molecule has 1 aromatic heterocycles. The molecule has 3 aliphatic rings. The Labute approximate surface area is 156 Å². The number of rotatable bonds is 3. The first-order valence-corrected chi connectivity index (χ1v) is 10.0. The molecule has 0 N–H and O–H groups in total. The minimum Gasteiger partial charge on any atom is -0.341 e. The second kappa shape index (κ2) is 6.80. The van der Waals surface area contributed by atoms with Gasteiger partial charge in [0, 0.05) is 43.4 Å². The number of aryl methyl sites for hydroxylation is 1. The average Bonchev–Trinajstić information content (AvgIpc) is 3.35. The van der Waals surface area contributed by atoms with E-state index in [0.717, 1.165) is 57.7 Å². The van der Waals surface area contributed by atoms with Crippen LogP contribution in [0.5, 0.6) is 0 Å². The van der Waals surface area contributed by atoms with Crippen LogP contribution >= 0.6 is 0 Å². The van der Waals surface area contributed by atoms with Crippen molar-refractivity contribution >= 4 is 5.91 Å². The first-order chi connectivity index (χ1) is 12.5. The number of aromatic nitrogens is 3. The van der Waals surface area contributed by atoms with E-state index in [-0.39, 0.29) is 11.3 Å². The van der Waals surface area contributed by atoms with E-state index in [9.17, 15) is 4.79 Å². The Hall–Kier alpha value is -1.69. The molecule has 1 aromatic rings. The van der Waals surface area contributed by atoms with Crippen LogP contribution in [0.25, 0.3) is 0 Å². The molecule has 0 aromatic carbocycles. The summed E-state index contributed by atoms with van der Waals surface area (Å²) in [5.41, 5.74) is 0.147. The monoisotopic (exact) mass is 357 g/mol. The molecule has 0 radical (unpaired) electrons. The number of carbonyl (C=O) groups is 1. The summed E-state index contributed by atoms with van der Waals surface area (Å²) < 4.78 is 2.05. The first kappa shape index (κ1) is 17.7. The second-order valence-electron chi connectivity index (χ2n) is 8.70. The van der Waals surface area contributed by atoms with Crippen LogP contribution < -0.4 is 0 Å². The minimum atomic E-state index is 0.147. The molecule has 142 valence electrons. The van der Waals surface area contributed by atoms with Crippen LogP contribution in [0.1, 0.15) is 51.3 Å². The van der Waals surface area contributed by atoms with E-state index in [4.69, 9.17) is 0 Å². The lowest BCUT2D eigenvalue weighted by Crippen LogP contribution is -2.46. The van der Waals surface area contributed by atoms with E-state index in [1.54, 1.807) is 6.33 Å². The van der Waals surface area contributed by atoms with Crippen LogP contribution in [-0.4, -0.2) is 62.7 Å². The number of piperidine rings is 1. The van der Waals surface area contributed by atoms with Gasteiger partial charge in [0.05, 0.1) is 0 Å². The van der Waals surface area contributed by atoms with Gasteiger partial charge >= 0.3 is 0 Å². The van der Waals surface area contributed by atoms with Crippen molar-refractivity contribution < 1.29 is 4.79 Å². The predicted molar refractivity (Wildman–Crippen MR) is 101 cm³/mol. The van der Waals surface area contributed by atoms with E-state index in [0.29, 0.717) is 17.9 Å². The van der Waals surface area contributed by atoms with Gasteiger partial charge in [-0.3, -0.25) is 4.79 Å². The maximum Gasteiger partial charge on any atom is 0.226 e. The predicted octanol–water partition coefficient (Wildman–Crippen LogP) is 2.20. The topological polar surface area (TPSA) is 54.3 Å². The molecule has 2 fully saturated rings. The zero-order valence-electron chi connectivity index (χ0n) is 16.3. The Kier molecular flexibility index (Phi) is 4.63. The maximum atomic E-state index is 13.1. The van der Waals surface area contributed by atoms with Gasteiger partial charge in [-0.25, -0.2) is 0 Å². The van der Waals surface area contributed by atoms with Gasteiger partial charge in [0.1, 0.15) is 12.2 Å². The fourth-order valence-electron chi connectivity index (χ4n) is 5.17. The van der Waals surface area contributed by atoms with Gasteiger partial charge in [0.15, 0.2) is 0 Å². The summed E-state index contributed by atoms with van der Waals surface area (Å²) in [6, 6.07) is 0.587. The van der Waals surface area contributed by atoms with Gasteiger partial charge in [0.25, 0.3) is 0 Å². The molecule has 1 atom stereocenters. The molecule has 6 heteroatoms. The molecule has 2 saturated heterocycles. The van der Waals surface area contributed by atoms with Crippen LogP contribution in [0.2, 0.25) is 0 Å². The molecule has 0 bridgehead atoms. The summed E-state index contributed by atoms with van der Waals surface area (Å²) in [5.74, 6) is 1.83. The SMILES string of the molecule is CC(C)N1CCC2(CC1)CN(C(=O)C1CC=CC1)CC2c1nncn1C. The Morgan fingerprint density at radius 1 is 1.23 bits per heavy atom. The number of hydrogen-bond acceptors (Lipinski definition) is 4. The molecular weight excluding hydrogens is 326 g/mol. The Balaban J connectivity index is 1.58. The van der Waals surface area contributed by atoms with Crippen molar-refractivity contribution in [1.29, 1.82) is 0 Å². The number of likely N-dealkylation sites (tertiary alicyclic amines) is 2. The number of hydrogen-bond donors (Lipinski definition) is 0. The third-order valence-corrected chi connectivity index (χ3v) is 6.90. The zero-order chi connectivity index (χ0) is 18.3. The Morgan fingerprint density at radius 2 is 1.92 bits per heavy atom. The molecule has 4 rings (SSSR count). The van der Waals surface area contributed by atoms with Gasteiger partial charge in [-0.05, 0) is 52.6 Å². The van der Waals surface area contributed by atoms with Crippen molar-refractivity contribution in [2.24, 2.45) is 18.4 Å². The molecular formula is C20H31N5O. The normalized spacial score (nSPS) is 26.5. The summed E-state index contributed by atoms with van der Waals surface area (Å²) in [6.07, 6.45) is 10.2. The smallest absolute Gasteiger partial charge is 0.226 e. The summed E-state index contributed by atoms with van der Waals surface area (Å²) >= 11 is 0. The third kappa shape index (κ3) is 2.98. The molecule has 6 nitrogen and oxygen atoms in total. The van der Waals surface area contributed by atoms with Crippen molar-refractivity contribution in [3.63, 3.8) is 0 Å². The van der Waals surface area contributed by atoms with E-state index >= 15 is 0 Å². The maximum absolute atomic E-state index is 13.1. The molecule has 1 amide bonds. The summed E-state index contributed by atoms with van der Waals surface area (Å²) in [5, 5.41) is 8.57. The highest BCUT2D eigenvalue weighted by atomic mass is 16.2. The van der Waals surface area contributed by atoms with E-state index in [1.165, 1.54) is 0 Å². The highest BCUT2D eigenvalue weighted by molar-refractivity contribution is 5.80. The van der Waals surface area contributed by atoms with Crippen LogP contribution in [0.3, 0.4) is 0 Å². The summed E-state index contributed by atoms with van der Waals surface area (Å²) in [7, 11) is 2.03. The fourth-order valence-corrected chi connectivity index (χ4v) is 5.17. The average molecular weight is 358 g/mol. The van der Waals surface area contributed by atoms with Crippen molar-refractivity contribution in [1.82, 2.24) is 24.6 Å². The van der Waals surface area contributed by atoms with Gasteiger partial charge in [-0.2, -0.15) is 0 Å². The lowest BCUT2D eigenvalue weighted by molar-refractivity contribution is -0.134. The lowest BCUT2D eigenvalue weighted by Gasteiger charge is -2.43. The summed E-state index contributed by atoms with van der Waals surface area (Å²) in [6.45, 7) is 8.44. The van der Waals surface area contributed by atoms with E-state index < -0.39 is 0 Å². The van der Waals surface area contributed by atoms with Crippen LogP contribution in [0.15, 0.2) is 18.5 Å². The standard InChI is InChI=1S/C20H31N5O/c1-15(2)24-10-8-20(9-11-24)13-25(19(26)16-6-4-5-7-16)12-17(20)18-22-21-14-23(18)3/h4-5,14-17H,6-13H2,1-3H3. The molecule has 2 aliphatic heterocycles. The minimum absolute atomic E-state index is 0.147. The lowest BCUT2D eigenvalue weighted by atomic mass is 9.70. The highest BCUT2D eigenvalue weighted by Gasteiger charge is 2.52. The van der Waals surface area contributed by atoms with Crippen molar-refractivity contribution in [3.05, 3.63) is 24.3 Å². The van der Waals surface area contributed by atoms with Gasteiger partial charge in [0.2, 0.25) is 5.91 Å². The molecule has 1 unspecified atom stereocenters. The largest absolute Gasteiger partial charge is 0.341 e. The number of allylic oxidation sites excluding steroid dienone is 2. The quantitative estimate of drug-likeness (QED) is 0.778. The molecule has 1 aliphatic carbocycles. The molecule has 1 spiro atoms. The third-order valence-electron chi connectivity index (χ3n) is 6.90. The van der Waals surface area contributed by atoms with Gasteiger partial charge in [-0.1, -0.05) is 12.2 Å². The Morgan fingerprint density at radius 3 is 2.50 bits per heavy atom. The van der Waals surface area contributed by atoms with Crippen LogP contribution in [0.4, 0.5) is 0 Å². The van der Waals surface area contributed by atoms with Gasteiger partial charge < -0.3 is 14.4 Å². The summed E-state index contributed by atoms with van der Waals surface area (Å²) in [4.78, 5) is 17.8. The fraction of sp³-hybridized carbons (Fsp3) is 0.750. The molecule has 0 saturated carbocycles. The van der Waals surface area contributed by atoms with Crippen molar-refractivity contribution in [3.8, 4) is 0 Å². The van der Waals surface area contributed by atoms with E-state index in [1.807, 2.05) is 11.6 Å². The van der Waals surface area contributed by atoms with Crippen LogP contribution in [0, 0.1) is 11.3 Å². The van der Waals surface area contributed by atoms with Crippen molar-refractivity contribution in [2.45, 2.75) is 51.5 Å². The first-order valence-electron chi connectivity index (χ1n) is 10.0. The number of nitrogens with zero attached hydrogens (tertiary/aromatic N) is 5. The second-order valence-corrected chi connectivity index (χ2v) is 8.70.